The standard InChI is InChI=1S/C16H20ClF2N5O2/c1-16(2,3)26-15(25)23-6-4-5-9(7-23)24-8-20-11-10(13(18)19)12(17)21-22-14(11)24/h8-9,13H,4-7H2,1-3H3/t9-/m1/s1. The van der Waals surface area contributed by atoms with Gasteiger partial charge in [0.25, 0.3) is 6.43 Å². The van der Waals surface area contributed by atoms with Gasteiger partial charge in [0.1, 0.15) is 11.1 Å². The molecule has 0 aromatic carbocycles. The van der Waals surface area contributed by atoms with E-state index in [-0.39, 0.29) is 22.4 Å². The molecule has 2 aromatic heterocycles. The van der Waals surface area contributed by atoms with Gasteiger partial charge in [0.15, 0.2) is 10.8 Å². The van der Waals surface area contributed by atoms with E-state index in [9.17, 15) is 13.6 Å². The first kappa shape index (κ1) is 18.8. The number of aromatic nitrogens is 4. The lowest BCUT2D eigenvalue weighted by Crippen LogP contribution is -2.43. The van der Waals surface area contributed by atoms with Crippen LogP contribution in [0.25, 0.3) is 11.2 Å². The highest BCUT2D eigenvalue weighted by molar-refractivity contribution is 6.30. The third-order valence-corrected chi connectivity index (χ3v) is 4.42. The molecule has 0 aliphatic carbocycles. The molecule has 1 aliphatic rings. The van der Waals surface area contributed by atoms with Crippen LogP contribution in [0.5, 0.6) is 0 Å². The molecule has 0 saturated carbocycles. The Bertz CT molecular complexity index is 821. The molecular formula is C16H20ClF2N5O2. The number of fused-ring (bicyclic) bond motifs is 1. The molecular weight excluding hydrogens is 368 g/mol. The van der Waals surface area contributed by atoms with Crippen LogP contribution in [0.3, 0.4) is 0 Å². The molecule has 3 rings (SSSR count). The zero-order valence-electron chi connectivity index (χ0n) is 14.7. The van der Waals surface area contributed by atoms with Crippen LogP contribution in [0.1, 0.15) is 51.6 Å². The summed E-state index contributed by atoms with van der Waals surface area (Å²) in [5.74, 6) is 0. The minimum absolute atomic E-state index is 0.0365. The number of hydrogen-bond acceptors (Lipinski definition) is 5. The van der Waals surface area contributed by atoms with Crippen LogP contribution in [0.4, 0.5) is 13.6 Å². The van der Waals surface area contributed by atoms with Crippen molar-refractivity contribution in [2.75, 3.05) is 13.1 Å². The summed E-state index contributed by atoms with van der Waals surface area (Å²) in [7, 11) is 0. The van der Waals surface area contributed by atoms with E-state index in [1.54, 1.807) is 30.2 Å². The van der Waals surface area contributed by atoms with Crippen molar-refractivity contribution in [3.63, 3.8) is 0 Å². The van der Waals surface area contributed by atoms with Gasteiger partial charge in [-0.3, -0.25) is 0 Å². The highest BCUT2D eigenvalue weighted by atomic mass is 35.5. The van der Waals surface area contributed by atoms with Gasteiger partial charge in [0.05, 0.1) is 17.9 Å². The maximum absolute atomic E-state index is 13.3. The maximum Gasteiger partial charge on any atom is 0.410 e. The number of ether oxygens (including phenoxy) is 1. The first-order chi connectivity index (χ1) is 12.2. The number of hydrogen-bond donors (Lipinski definition) is 0. The van der Waals surface area contributed by atoms with Gasteiger partial charge in [-0.25, -0.2) is 18.6 Å². The summed E-state index contributed by atoms with van der Waals surface area (Å²) >= 11 is 5.75. The van der Waals surface area contributed by atoms with E-state index in [4.69, 9.17) is 16.3 Å². The molecule has 2 aromatic rings. The van der Waals surface area contributed by atoms with Gasteiger partial charge in [-0.2, -0.15) is 0 Å². The molecule has 1 fully saturated rings. The first-order valence-corrected chi connectivity index (χ1v) is 8.70. The summed E-state index contributed by atoms with van der Waals surface area (Å²) in [5.41, 5.74) is -0.731. The molecule has 0 radical (unpaired) electrons. The van der Waals surface area contributed by atoms with Gasteiger partial charge >= 0.3 is 6.09 Å². The van der Waals surface area contributed by atoms with Crippen molar-refractivity contribution in [1.82, 2.24) is 24.6 Å². The van der Waals surface area contributed by atoms with Crippen LogP contribution < -0.4 is 0 Å². The Balaban J connectivity index is 1.87. The molecule has 1 saturated heterocycles. The fourth-order valence-electron chi connectivity index (χ4n) is 3.02. The molecule has 1 atom stereocenters. The van der Waals surface area contributed by atoms with E-state index in [1.165, 1.54) is 6.33 Å². The smallest absolute Gasteiger partial charge is 0.410 e. The molecule has 0 spiro atoms. The minimum atomic E-state index is -2.80. The Morgan fingerprint density at radius 3 is 2.77 bits per heavy atom. The van der Waals surface area contributed by atoms with Crippen molar-refractivity contribution in [2.24, 2.45) is 0 Å². The average molecular weight is 388 g/mol. The topological polar surface area (TPSA) is 73.1 Å². The highest BCUT2D eigenvalue weighted by Gasteiger charge is 2.30. The monoisotopic (exact) mass is 387 g/mol. The van der Waals surface area contributed by atoms with Crippen molar-refractivity contribution in [2.45, 2.75) is 51.7 Å². The zero-order valence-corrected chi connectivity index (χ0v) is 15.5. The molecule has 1 amide bonds. The van der Waals surface area contributed by atoms with E-state index < -0.39 is 23.7 Å². The number of alkyl halides is 2. The van der Waals surface area contributed by atoms with E-state index in [0.29, 0.717) is 13.1 Å². The number of halogens is 3. The fourth-order valence-corrected chi connectivity index (χ4v) is 3.23. The third kappa shape index (κ3) is 3.72. The maximum atomic E-state index is 13.3. The number of amides is 1. The Kier molecular flexibility index (Phi) is 5.01. The van der Waals surface area contributed by atoms with Crippen LogP contribution >= 0.6 is 11.6 Å². The van der Waals surface area contributed by atoms with E-state index in [2.05, 4.69) is 15.2 Å². The van der Waals surface area contributed by atoms with Crippen LogP contribution in [0.2, 0.25) is 5.15 Å². The Labute approximate surface area is 154 Å². The molecule has 7 nitrogen and oxygen atoms in total. The molecule has 1 aliphatic heterocycles. The molecule has 10 heteroatoms. The lowest BCUT2D eigenvalue weighted by atomic mass is 10.1. The Morgan fingerprint density at radius 2 is 2.12 bits per heavy atom. The Morgan fingerprint density at radius 1 is 1.38 bits per heavy atom. The van der Waals surface area contributed by atoms with Crippen molar-refractivity contribution in [3.05, 3.63) is 17.0 Å². The van der Waals surface area contributed by atoms with E-state index in [1.807, 2.05) is 0 Å². The molecule has 142 valence electrons. The quantitative estimate of drug-likeness (QED) is 0.779. The predicted molar refractivity (Wildman–Crippen MR) is 91.4 cm³/mol. The summed E-state index contributed by atoms with van der Waals surface area (Å²) < 4.78 is 33.6. The minimum Gasteiger partial charge on any atom is -0.444 e. The van der Waals surface area contributed by atoms with Gasteiger partial charge < -0.3 is 14.2 Å². The second kappa shape index (κ2) is 6.94. The molecule has 0 N–H and O–H groups in total. The summed E-state index contributed by atoms with van der Waals surface area (Å²) in [6.07, 6.45) is -0.224. The van der Waals surface area contributed by atoms with E-state index in [0.717, 1.165) is 12.8 Å². The van der Waals surface area contributed by atoms with Crippen LogP contribution in [-0.2, 0) is 4.74 Å². The number of carbonyl (C=O) groups is 1. The van der Waals surface area contributed by atoms with E-state index >= 15 is 0 Å². The van der Waals surface area contributed by atoms with Gasteiger partial charge in [0, 0.05) is 13.1 Å². The zero-order chi connectivity index (χ0) is 19.1. The Hall–Kier alpha value is -2.03. The summed E-state index contributed by atoms with van der Waals surface area (Å²) in [6.45, 7) is 6.38. The van der Waals surface area contributed by atoms with Gasteiger partial charge in [-0.1, -0.05) is 11.6 Å². The van der Waals surface area contributed by atoms with Crippen molar-refractivity contribution < 1.29 is 18.3 Å². The van der Waals surface area contributed by atoms with Crippen LogP contribution in [-0.4, -0.2) is 49.4 Å². The predicted octanol–water partition coefficient (Wildman–Crippen LogP) is 3.99. The normalized spacial score (nSPS) is 18.6. The average Bonchev–Trinajstić information content (AvgIpc) is 2.96. The molecule has 26 heavy (non-hydrogen) atoms. The largest absolute Gasteiger partial charge is 0.444 e. The highest BCUT2D eigenvalue weighted by Crippen LogP contribution is 2.33. The summed E-state index contributed by atoms with van der Waals surface area (Å²) in [5, 5.41) is 7.22. The van der Waals surface area contributed by atoms with Crippen molar-refractivity contribution in [1.29, 1.82) is 0 Å². The van der Waals surface area contributed by atoms with Gasteiger partial charge in [0.2, 0.25) is 0 Å². The fraction of sp³-hybridized carbons (Fsp3) is 0.625. The summed E-state index contributed by atoms with van der Waals surface area (Å²) in [4.78, 5) is 18.0. The third-order valence-electron chi connectivity index (χ3n) is 4.14. The number of imidazole rings is 1. The van der Waals surface area contributed by atoms with Gasteiger partial charge in [-0.15, -0.1) is 10.2 Å². The first-order valence-electron chi connectivity index (χ1n) is 8.32. The van der Waals surface area contributed by atoms with Crippen molar-refractivity contribution >= 4 is 28.9 Å². The summed E-state index contributed by atoms with van der Waals surface area (Å²) in [6, 6.07) is -0.151. The number of carbonyl (C=O) groups excluding carboxylic acids is 1. The number of piperidine rings is 1. The van der Waals surface area contributed by atoms with Gasteiger partial charge in [-0.05, 0) is 33.6 Å². The lowest BCUT2D eigenvalue weighted by molar-refractivity contribution is 0.0174. The van der Waals surface area contributed by atoms with Crippen LogP contribution in [0, 0.1) is 0 Å². The number of likely N-dealkylation sites (tertiary alicyclic amines) is 1. The second-order valence-electron chi connectivity index (χ2n) is 7.25. The lowest BCUT2D eigenvalue weighted by Gasteiger charge is -2.34. The number of nitrogens with zero attached hydrogens (tertiary/aromatic N) is 5. The SMILES string of the molecule is CC(C)(C)OC(=O)N1CCC[C@@H](n2cnc3c(C(F)F)c(Cl)nnc32)C1. The molecule has 0 unspecified atom stereocenters. The molecule has 3 heterocycles. The number of rotatable bonds is 2. The second-order valence-corrected chi connectivity index (χ2v) is 7.61. The van der Waals surface area contributed by atoms with Crippen molar-refractivity contribution in [3.8, 4) is 0 Å². The van der Waals surface area contributed by atoms with Crippen LogP contribution in [0.15, 0.2) is 6.33 Å². The molecule has 0 bridgehead atoms.